The van der Waals surface area contributed by atoms with Crippen molar-refractivity contribution in [1.82, 2.24) is 9.97 Å². The summed E-state index contributed by atoms with van der Waals surface area (Å²) < 4.78 is 5.24. The van der Waals surface area contributed by atoms with Crippen molar-refractivity contribution < 1.29 is 4.42 Å². The molecule has 142 valence electrons. The van der Waals surface area contributed by atoms with E-state index in [1.54, 1.807) is 6.07 Å². The van der Waals surface area contributed by atoms with Gasteiger partial charge in [-0.25, -0.2) is 20.6 Å². The Labute approximate surface area is 170 Å². The summed E-state index contributed by atoms with van der Waals surface area (Å²) in [5.74, 6) is 6.30. The number of nitrogens with two attached hydrogens (primary N) is 1. The van der Waals surface area contributed by atoms with E-state index < -0.39 is 5.63 Å². The van der Waals surface area contributed by atoms with Crippen LogP contribution in [0.3, 0.4) is 0 Å². The number of hydrazine groups is 1. The molecule has 2 heterocycles. The Morgan fingerprint density at radius 2 is 1.86 bits per heavy atom. The fraction of sp³-hybridized carbons (Fsp3) is 0.0476. The highest BCUT2D eigenvalue weighted by Gasteiger charge is 2.16. The molecule has 0 atom stereocenters. The smallest absolute Gasteiger partial charge is 0.336 e. The summed E-state index contributed by atoms with van der Waals surface area (Å²) in [6.45, 7) is 0. The monoisotopic (exact) mass is 401 g/mol. The molecule has 7 nitrogen and oxygen atoms in total. The maximum absolute atomic E-state index is 11.9. The molecule has 0 bridgehead atoms. The summed E-state index contributed by atoms with van der Waals surface area (Å²) in [5, 5.41) is 10.9. The first-order valence-corrected chi connectivity index (χ1v) is 9.67. The number of anilines is 1. The second-order valence-corrected chi connectivity index (χ2v) is 7.02. The molecule has 2 aromatic heterocycles. The number of aromatic nitrogens is 2. The van der Waals surface area contributed by atoms with E-state index >= 15 is 0 Å². The summed E-state index contributed by atoms with van der Waals surface area (Å²) in [6, 6.07) is 20.3. The maximum Gasteiger partial charge on any atom is 0.336 e. The largest absolute Gasteiger partial charge is 0.423 e. The van der Waals surface area contributed by atoms with Crippen LogP contribution in [-0.4, -0.2) is 9.97 Å². The first kappa shape index (κ1) is 18.7. The van der Waals surface area contributed by atoms with Gasteiger partial charge in [-0.3, -0.25) is 0 Å². The number of rotatable bonds is 5. The van der Waals surface area contributed by atoms with Crippen LogP contribution < -0.4 is 16.9 Å². The Morgan fingerprint density at radius 1 is 1.10 bits per heavy atom. The molecule has 4 rings (SSSR count). The molecule has 8 heteroatoms. The Hall–Kier alpha value is -3.67. The molecule has 0 aliphatic heterocycles. The SMILES string of the molecule is N#Cc1c(NN)nc(SCc2cc(=O)oc3ccccc23)nc1-c1ccccc1. The summed E-state index contributed by atoms with van der Waals surface area (Å²) in [7, 11) is 0. The van der Waals surface area contributed by atoms with Crippen LogP contribution in [0.15, 0.2) is 75.0 Å². The molecule has 0 aliphatic rings. The van der Waals surface area contributed by atoms with Crippen LogP contribution in [-0.2, 0) is 5.75 Å². The standard InChI is InChI=1S/C21H15N5O2S/c22-11-16-19(13-6-2-1-3-7-13)24-21(25-20(16)26-23)29-12-14-10-18(27)28-17-9-5-4-8-15(14)17/h1-10H,12,23H2,(H,24,25,26). The van der Waals surface area contributed by atoms with Crippen LogP contribution >= 0.6 is 11.8 Å². The van der Waals surface area contributed by atoms with E-state index in [1.165, 1.54) is 17.8 Å². The second-order valence-electron chi connectivity index (χ2n) is 6.08. The normalized spacial score (nSPS) is 10.6. The lowest BCUT2D eigenvalue weighted by molar-refractivity contribution is 0.559. The maximum atomic E-state index is 11.9. The van der Waals surface area contributed by atoms with E-state index in [9.17, 15) is 10.1 Å². The highest BCUT2D eigenvalue weighted by molar-refractivity contribution is 7.98. The van der Waals surface area contributed by atoms with Crippen LogP contribution in [0, 0.1) is 11.3 Å². The highest BCUT2D eigenvalue weighted by atomic mass is 32.2. The fourth-order valence-electron chi connectivity index (χ4n) is 2.96. The third-order valence-corrected chi connectivity index (χ3v) is 5.17. The average Bonchev–Trinajstić information content (AvgIpc) is 2.77. The number of hydrogen-bond donors (Lipinski definition) is 2. The molecule has 0 saturated carbocycles. The van der Waals surface area contributed by atoms with Crippen LogP contribution in [0.5, 0.6) is 0 Å². The van der Waals surface area contributed by atoms with Crippen LogP contribution in [0.1, 0.15) is 11.1 Å². The van der Waals surface area contributed by atoms with Gasteiger partial charge in [-0.1, -0.05) is 60.3 Å². The molecule has 0 saturated heterocycles. The minimum Gasteiger partial charge on any atom is -0.423 e. The predicted molar refractivity (Wildman–Crippen MR) is 112 cm³/mol. The number of thioether (sulfide) groups is 1. The highest BCUT2D eigenvalue weighted by Crippen LogP contribution is 2.30. The minimum absolute atomic E-state index is 0.251. The van der Waals surface area contributed by atoms with Crippen molar-refractivity contribution in [2.45, 2.75) is 10.9 Å². The van der Waals surface area contributed by atoms with Gasteiger partial charge in [0, 0.05) is 22.8 Å². The van der Waals surface area contributed by atoms with Crippen molar-refractivity contribution in [2.75, 3.05) is 5.43 Å². The van der Waals surface area contributed by atoms with Crippen molar-refractivity contribution in [3.8, 4) is 17.3 Å². The molecular formula is C21H15N5O2S. The van der Waals surface area contributed by atoms with Crippen molar-refractivity contribution in [3.63, 3.8) is 0 Å². The zero-order valence-corrected chi connectivity index (χ0v) is 15.9. The Bertz CT molecular complexity index is 1280. The number of benzene rings is 2. The molecular weight excluding hydrogens is 386 g/mol. The zero-order chi connectivity index (χ0) is 20.2. The van der Waals surface area contributed by atoms with Gasteiger partial charge in [0.05, 0.1) is 5.69 Å². The van der Waals surface area contributed by atoms with Crippen molar-refractivity contribution in [1.29, 1.82) is 5.26 Å². The average molecular weight is 401 g/mol. The van der Waals surface area contributed by atoms with Crippen molar-refractivity contribution in [3.05, 3.63) is 82.2 Å². The van der Waals surface area contributed by atoms with Gasteiger partial charge in [0.15, 0.2) is 11.0 Å². The lowest BCUT2D eigenvalue weighted by Crippen LogP contribution is -2.12. The molecule has 0 spiro atoms. The lowest BCUT2D eigenvalue weighted by atomic mass is 10.1. The number of para-hydroxylation sites is 1. The number of nitrogen functional groups attached to an aromatic ring is 1. The molecule has 0 aliphatic carbocycles. The van der Waals surface area contributed by atoms with Crippen LogP contribution in [0.2, 0.25) is 0 Å². The quantitative estimate of drug-likeness (QED) is 0.171. The number of nitrogens with one attached hydrogen (secondary N) is 1. The topological polar surface area (TPSA) is 118 Å². The van der Waals surface area contributed by atoms with Gasteiger partial charge < -0.3 is 9.84 Å². The summed E-state index contributed by atoms with van der Waals surface area (Å²) >= 11 is 1.35. The van der Waals surface area contributed by atoms with Gasteiger partial charge in [0.2, 0.25) is 0 Å². The van der Waals surface area contributed by atoms with Gasteiger partial charge >= 0.3 is 5.63 Å². The van der Waals surface area contributed by atoms with Gasteiger partial charge in [0.1, 0.15) is 17.2 Å². The van der Waals surface area contributed by atoms with Crippen LogP contribution in [0.4, 0.5) is 5.82 Å². The van der Waals surface area contributed by atoms with Gasteiger partial charge in [-0.05, 0) is 11.6 Å². The molecule has 0 amide bonds. The second kappa shape index (κ2) is 8.14. The number of hydrogen-bond acceptors (Lipinski definition) is 8. The number of nitriles is 1. The first-order chi connectivity index (χ1) is 14.2. The lowest BCUT2D eigenvalue weighted by Gasteiger charge is -2.11. The third-order valence-electron chi connectivity index (χ3n) is 4.28. The van der Waals surface area contributed by atoms with E-state index in [-0.39, 0.29) is 11.4 Å². The van der Waals surface area contributed by atoms with E-state index in [0.717, 1.165) is 16.5 Å². The molecule has 2 aromatic carbocycles. The van der Waals surface area contributed by atoms with Crippen molar-refractivity contribution >= 4 is 28.5 Å². The first-order valence-electron chi connectivity index (χ1n) is 8.68. The molecule has 3 N–H and O–H groups in total. The van der Waals surface area contributed by atoms with E-state index in [0.29, 0.717) is 22.2 Å². The fourth-order valence-corrected chi connectivity index (χ4v) is 3.80. The Balaban J connectivity index is 1.74. The van der Waals surface area contributed by atoms with Gasteiger partial charge in [0.25, 0.3) is 0 Å². The third kappa shape index (κ3) is 3.82. The van der Waals surface area contributed by atoms with Gasteiger partial charge in [-0.15, -0.1) is 0 Å². The Kier molecular flexibility index (Phi) is 5.24. The Morgan fingerprint density at radius 3 is 2.62 bits per heavy atom. The zero-order valence-electron chi connectivity index (χ0n) is 15.1. The van der Waals surface area contributed by atoms with Gasteiger partial charge in [-0.2, -0.15) is 5.26 Å². The minimum atomic E-state index is -0.408. The molecule has 0 radical (unpaired) electrons. The predicted octanol–water partition coefficient (Wildman–Crippen LogP) is 3.70. The summed E-state index contributed by atoms with van der Waals surface area (Å²) in [5.41, 5.74) is 4.98. The molecule has 0 unspecified atom stereocenters. The summed E-state index contributed by atoms with van der Waals surface area (Å²) in [6.07, 6.45) is 0. The van der Waals surface area contributed by atoms with E-state index in [2.05, 4.69) is 21.5 Å². The van der Waals surface area contributed by atoms with Crippen LogP contribution in [0.25, 0.3) is 22.2 Å². The van der Waals surface area contributed by atoms with E-state index in [1.807, 2.05) is 48.5 Å². The molecule has 0 fully saturated rings. The summed E-state index contributed by atoms with van der Waals surface area (Å²) in [4.78, 5) is 20.8. The number of fused-ring (bicyclic) bond motifs is 1. The molecule has 29 heavy (non-hydrogen) atoms. The van der Waals surface area contributed by atoms with E-state index in [4.69, 9.17) is 10.3 Å². The number of nitrogens with zero attached hydrogens (tertiary/aromatic N) is 3. The van der Waals surface area contributed by atoms with Crippen molar-refractivity contribution in [2.24, 2.45) is 5.84 Å². The molecule has 4 aromatic rings.